The van der Waals surface area contributed by atoms with Crippen LogP contribution in [0.5, 0.6) is 0 Å². The van der Waals surface area contributed by atoms with Gasteiger partial charge >= 0.3 is 24.8 Å². The van der Waals surface area contributed by atoms with Crippen molar-refractivity contribution in [3.05, 3.63) is 43.1 Å². The SMILES string of the molecule is CO/N=C(\C(=O)N[C@@H]1C(=O)N2C(C(=O)O)=C(CSc3nc(=O)c(=O)[nH]n3C)CS[C@H]12)c1csc(NP(=O)(O)O)n1. The van der Waals surface area contributed by atoms with Crippen molar-refractivity contribution in [3.8, 4) is 0 Å². The molecule has 2 atom stereocenters. The van der Waals surface area contributed by atoms with Crippen molar-refractivity contribution in [2.75, 3.05) is 23.7 Å². The Kier molecular flexibility index (Phi) is 8.52. The van der Waals surface area contributed by atoms with E-state index >= 15 is 0 Å². The molecular weight excluding hydrogens is 615 g/mol. The number of carboxylic acids is 1. The smallest absolute Gasteiger partial charge is 0.429 e. The molecule has 22 heteroatoms. The van der Waals surface area contributed by atoms with Crippen molar-refractivity contribution in [1.29, 1.82) is 0 Å². The highest BCUT2D eigenvalue weighted by atomic mass is 32.2. The van der Waals surface area contributed by atoms with Gasteiger partial charge in [0.25, 0.3) is 11.8 Å². The maximum absolute atomic E-state index is 13.0. The number of aryl methyl sites for hydroxylation is 1. The van der Waals surface area contributed by atoms with Crippen LogP contribution in [0.3, 0.4) is 0 Å². The van der Waals surface area contributed by atoms with Crippen LogP contribution in [-0.4, -0.2) is 93.1 Å². The number of aromatic nitrogens is 4. The molecule has 18 nitrogen and oxygen atoms in total. The van der Waals surface area contributed by atoms with E-state index < -0.39 is 48.1 Å². The van der Waals surface area contributed by atoms with Gasteiger partial charge in [-0.05, 0) is 5.57 Å². The zero-order chi connectivity index (χ0) is 29.4. The number of thiazole rings is 1. The summed E-state index contributed by atoms with van der Waals surface area (Å²) in [6, 6.07) is -1.11. The number of anilines is 1. The maximum atomic E-state index is 13.0. The summed E-state index contributed by atoms with van der Waals surface area (Å²) in [4.78, 5) is 92.5. The van der Waals surface area contributed by atoms with Crippen molar-refractivity contribution in [2.45, 2.75) is 16.6 Å². The van der Waals surface area contributed by atoms with Gasteiger partial charge in [-0.1, -0.05) is 16.9 Å². The fourth-order valence-corrected chi connectivity index (χ4v) is 7.41. The molecule has 0 unspecified atom stereocenters. The predicted molar refractivity (Wildman–Crippen MR) is 142 cm³/mol. The van der Waals surface area contributed by atoms with Gasteiger partial charge in [0.1, 0.15) is 29.9 Å². The second-order valence-corrected chi connectivity index (χ2v) is 12.1. The summed E-state index contributed by atoms with van der Waals surface area (Å²) < 4.78 is 12.4. The van der Waals surface area contributed by atoms with Crippen molar-refractivity contribution in [1.82, 2.24) is 30.0 Å². The standard InChI is InChI=1S/C18H19N8O10PS3/c1-25-18(21-12(28)13(29)22-25)40-4-6-3-38-15-9(14(30)26(15)10(6)16(31)32)20-11(27)8(23-36-2)7-5-39-17(19-7)24-37(33,34)35/h5,9,15H,3-4H2,1-2H3,(H,20,27)(H,22,29)(H,31,32)(H3,19,24,33,34,35)/b23-8-/t9-,15-/m1/s1. The van der Waals surface area contributed by atoms with Crippen LogP contribution in [0.15, 0.2) is 36.6 Å². The lowest BCUT2D eigenvalue weighted by Gasteiger charge is -2.49. The average molecular weight is 635 g/mol. The Bertz CT molecular complexity index is 1610. The third kappa shape index (κ3) is 6.13. The Morgan fingerprint density at radius 2 is 2.05 bits per heavy atom. The summed E-state index contributed by atoms with van der Waals surface area (Å²) in [7, 11) is -2.03. The zero-order valence-corrected chi connectivity index (χ0v) is 23.6. The molecule has 0 aromatic carbocycles. The number of β-lactam (4-membered cyclic amide) rings is 1. The van der Waals surface area contributed by atoms with Crippen molar-refractivity contribution in [3.63, 3.8) is 0 Å². The van der Waals surface area contributed by atoms with E-state index in [0.717, 1.165) is 35.1 Å². The molecule has 2 amide bonds. The van der Waals surface area contributed by atoms with E-state index in [4.69, 9.17) is 9.79 Å². The predicted octanol–water partition coefficient (Wildman–Crippen LogP) is -1.69. The van der Waals surface area contributed by atoms with Crippen LogP contribution in [-0.2, 0) is 30.8 Å². The summed E-state index contributed by atoms with van der Waals surface area (Å²) in [5.41, 5.74) is -2.26. The first-order valence-corrected chi connectivity index (χ1v) is 15.2. The van der Waals surface area contributed by atoms with Gasteiger partial charge in [0.05, 0.1) is 0 Å². The molecule has 4 heterocycles. The number of carboxylic acid groups (broad SMARTS) is 1. The summed E-state index contributed by atoms with van der Waals surface area (Å²) in [5, 5.41) is 20.6. The number of nitrogens with zero attached hydrogens (tertiary/aromatic N) is 5. The number of carbonyl (C=O) groups is 3. The first-order chi connectivity index (χ1) is 18.8. The minimum absolute atomic E-state index is 0.0495. The topological polar surface area (TPSA) is 258 Å². The lowest BCUT2D eigenvalue weighted by atomic mass is 10.0. The molecule has 0 spiro atoms. The molecule has 2 aliphatic heterocycles. The van der Waals surface area contributed by atoms with Crippen molar-refractivity contribution >= 4 is 71.2 Å². The molecule has 1 fully saturated rings. The van der Waals surface area contributed by atoms with Crippen LogP contribution in [0.2, 0.25) is 0 Å². The van der Waals surface area contributed by atoms with Gasteiger partial charge in [-0.2, -0.15) is 4.98 Å². The maximum Gasteiger partial charge on any atom is 0.429 e. The third-order valence-corrected chi connectivity index (χ3v) is 9.11. The molecule has 0 radical (unpaired) electrons. The monoisotopic (exact) mass is 634 g/mol. The van der Waals surface area contributed by atoms with E-state index in [1.807, 2.05) is 5.09 Å². The summed E-state index contributed by atoms with van der Waals surface area (Å²) >= 11 is 2.99. The van der Waals surface area contributed by atoms with Crippen molar-refractivity contribution in [2.24, 2.45) is 12.2 Å². The minimum Gasteiger partial charge on any atom is -0.477 e. The first kappa shape index (κ1) is 29.5. The molecule has 214 valence electrons. The molecule has 2 aromatic heterocycles. The molecule has 4 rings (SSSR count). The quantitative estimate of drug-likeness (QED) is 0.0425. The normalized spacial score (nSPS) is 19.1. The number of fused-ring (bicyclic) bond motifs is 1. The van der Waals surface area contributed by atoms with Crippen molar-refractivity contribution < 1.29 is 38.7 Å². The number of thioether (sulfide) groups is 2. The first-order valence-electron chi connectivity index (χ1n) is 10.7. The lowest BCUT2D eigenvalue weighted by Crippen LogP contribution is -2.71. The van der Waals surface area contributed by atoms with Crippen LogP contribution in [0, 0.1) is 0 Å². The number of oxime groups is 1. The van der Waals surface area contributed by atoms with Gasteiger partial charge in [-0.3, -0.25) is 38.9 Å². The molecule has 0 saturated carbocycles. The second kappa shape index (κ2) is 11.6. The van der Waals surface area contributed by atoms with Gasteiger partial charge < -0.3 is 25.0 Å². The van der Waals surface area contributed by atoms with Gasteiger partial charge in [-0.25, -0.2) is 14.3 Å². The molecule has 2 aromatic rings. The zero-order valence-electron chi connectivity index (χ0n) is 20.3. The van der Waals surface area contributed by atoms with Crippen LogP contribution >= 0.6 is 42.6 Å². The average Bonchev–Trinajstić information content (AvgIpc) is 3.32. The fraction of sp³-hybridized carbons (Fsp3) is 0.333. The van der Waals surface area contributed by atoms with E-state index in [1.165, 1.54) is 28.9 Å². The van der Waals surface area contributed by atoms with Gasteiger partial charge in [0.2, 0.25) is 0 Å². The van der Waals surface area contributed by atoms with Crippen LogP contribution in [0.25, 0.3) is 0 Å². The number of H-pyrrole nitrogens is 1. The molecule has 6 N–H and O–H groups in total. The number of aliphatic carboxylic acids is 1. The lowest BCUT2D eigenvalue weighted by molar-refractivity contribution is -0.150. The van der Waals surface area contributed by atoms with Gasteiger partial charge in [0.15, 0.2) is 16.0 Å². The Morgan fingerprint density at radius 1 is 1.32 bits per heavy atom. The Morgan fingerprint density at radius 3 is 2.70 bits per heavy atom. The van der Waals surface area contributed by atoms with Gasteiger partial charge in [0, 0.05) is 23.9 Å². The van der Waals surface area contributed by atoms with Crippen LogP contribution in [0.4, 0.5) is 5.13 Å². The van der Waals surface area contributed by atoms with E-state index in [0.29, 0.717) is 5.57 Å². The number of carbonyl (C=O) groups excluding carboxylic acids is 2. The number of hydrogen-bond acceptors (Lipinski definition) is 13. The van der Waals surface area contributed by atoms with Crippen LogP contribution < -0.4 is 21.5 Å². The molecule has 2 aliphatic rings. The Labute approximate surface area is 235 Å². The number of nitrogens with one attached hydrogen (secondary N) is 3. The number of aromatic amines is 1. The summed E-state index contributed by atoms with van der Waals surface area (Å²) in [6.45, 7) is 0. The van der Waals surface area contributed by atoms with E-state index in [-0.39, 0.29) is 38.9 Å². The highest BCUT2D eigenvalue weighted by Gasteiger charge is 2.54. The molecule has 1 saturated heterocycles. The number of hydrogen-bond donors (Lipinski definition) is 6. The summed E-state index contributed by atoms with van der Waals surface area (Å²) in [5.74, 6) is -2.72. The second-order valence-electron chi connectivity index (χ2n) is 7.92. The fourth-order valence-electron chi connectivity index (χ4n) is 3.60. The third-order valence-electron chi connectivity index (χ3n) is 5.25. The largest absolute Gasteiger partial charge is 0.477 e. The molecule has 40 heavy (non-hydrogen) atoms. The number of amides is 2. The van der Waals surface area contributed by atoms with E-state index in [9.17, 15) is 33.6 Å². The Hall–Kier alpha value is -3.49. The Balaban J connectivity index is 1.49. The van der Waals surface area contributed by atoms with Gasteiger partial charge in [-0.15, -0.1) is 23.1 Å². The van der Waals surface area contributed by atoms with E-state index in [1.54, 1.807) is 0 Å². The molecule has 0 aliphatic carbocycles. The minimum atomic E-state index is -4.65. The highest BCUT2D eigenvalue weighted by Crippen LogP contribution is 2.41. The van der Waals surface area contributed by atoms with Crippen LogP contribution in [0.1, 0.15) is 5.69 Å². The van der Waals surface area contributed by atoms with E-state index in [2.05, 4.69) is 30.4 Å². The molecular formula is C18H19N8O10PS3. The number of rotatable bonds is 10. The highest BCUT2D eigenvalue weighted by molar-refractivity contribution is 8.01. The summed E-state index contributed by atoms with van der Waals surface area (Å²) in [6.07, 6.45) is 0. The molecule has 0 bridgehead atoms.